The second kappa shape index (κ2) is 5.81. The predicted octanol–water partition coefficient (Wildman–Crippen LogP) is 4.59. The molecule has 0 radical (unpaired) electrons. The van der Waals surface area contributed by atoms with Crippen molar-refractivity contribution in [3.8, 4) is 0 Å². The van der Waals surface area contributed by atoms with Crippen LogP contribution in [0.2, 0.25) is 0 Å². The number of carboxylic acids is 1. The maximum Gasteiger partial charge on any atom is 0.337 e. The number of para-hydroxylation sites is 1. The molecule has 3 aliphatic rings. The first kappa shape index (κ1) is 16.3. The van der Waals surface area contributed by atoms with Gasteiger partial charge in [-0.2, -0.15) is 0 Å². The molecule has 6 heteroatoms. The number of nitrogens with zero attached hydrogens (tertiary/aromatic N) is 1. The van der Waals surface area contributed by atoms with Crippen LogP contribution in [0.15, 0.2) is 42.5 Å². The van der Waals surface area contributed by atoms with E-state index < -0.39 is 10.9 Å². The summed E-state index contributed by atoms with van der Waals surface area (Å²) in [5.74, 6) is 1.06. The molecule has 27 heavy (non-hydrogen) atoms. The van der Waals surface area contributed by atoms with Crippen molar-refractivity contribution in [2.45, 2.75) is 31.2 Å². The molecule has 6 nitrogen and oxygen atoms in total. The highest BCUT2D eigenvalue weighted by molar-refractivity contribution is 5.95. The Morgan fingerprint density at radius 3 is 2.56 bits per heavy atom. The second-order valence-electron chi connectivity index (χ2n) is 7.98. The third kappa shape index (κ3) is 2.36. The van der Waals surface area contributed by atoms with Crippen LogP contribution in [-0.4, -0.2) is 16.0 Å². The largest absolute Gasteiger partial charge is 0.478 e. The molecular formula is C21H20N2O4. The Labute approximate surface area is 156 Å². The zero-order valence-corrected chi connectivity index (χ0v) is 14.7. The van der Waals surface area contributed by atoms with Crippen molar-refractivity contribution < 1.29 is 14.8 Å². The maximum atomic E-state index is 11.8. The molecule has 2 aromatic rings. The Bertz CT molecular complexity index is 940. The van der Waals surface area contributed by atoms with Crippen LogP contribution in [0.3, 0.4) is 0 Å². The van der Waals surface area contributed by atoms with Crippen LogP contribution in [0.1, 0.15) is 52.7 Å². The van der Waals surface area contributed by atoms with Crippen molar-refractivity contribution in [2.24, 2.45) is 17.8 Å². The van der Waals surface area contributed by atoms with Crippen LogP contribution >= 0.6 is 0 Å². The first-order valence-corrected chi connectivity index (χ1v) is 9.41. The Kier molecular flexibility index (Phi) is 3.50. The summed E-state index contributed by atoms with van der Waals surface area (Å²) in [5.41, 5.74) is 3.23. The van der Waals surface area contributed by atoms with Crippen molar-refractivity contribution in [2.75, 3.05) is 5.32 Å². The van der Waals surface area contributed by atoms with E-state index in [-0.39, 0.29) is 11.7 Å². The maximum absolute atomic E-state index is 11.8. The van der Waals surface area contributed by atoms with E-state index in [2.05, 4.69) is 11.4 Å². The van der Waals surface area contributed by atoms with Crippen molar-refractivity contribution in [3.63, 3.8) is 0 Å². The van der Waals surface area contributed by atoms with E-state index in [1.54, 1.807) is 6.07 Å². The highest BCUT2D eigenvalue weighted by Gasteiger charge is 2.54. The Morgan fingerprint density at radius 2 is 1.85 bits per heavy atom. The fourth-order valence-electron chi connectivity index (χ4n) is 5.82. The molecule has 2 saturated carbocycles. The van der Waals surface area contributed by atoms with Crippen LogP contribution in [0, 0.1) is 27.9 Å². The lowest BCUT2D eigenvalue weighted by molar-refractivity contribution is -0.384. The minimum absolute atomic E-state index is 0.0147. The number of non-ortho nitro benzene ring substituents is 1. The molecule has 0 amide bonds. The number of rotatable bonds is 3. The number of benzene rings is 2. The van der Waals surface area contributed by atoms with Crippen molar-refractivity contribution in [1.29, 1.82) is 0 Å². The molecule has 2 aromatic carbocycles. The number of hydrogen-bond donors (Lipinski definition) is 2. The van der Waals surface area contributed by atoms with Crippen molar-refractivity contribution in [3.05, 3.63) is 69.3 Å². The molecule has 0 aromatic heterocycles. The monoisotopic (exact) mass is 364 g/mol. The molecule has 0 spiro atoms. The van der Waals surface area contributed by atoms with Gasteiger partial charge >= 0.3 is 5.97 Å². The lowest BCUT2D eigenvalue weighted by atomic mass is 9.67. The molecule has 2 N–H and O–H groups in total. The van der Waals surface area contributed by atoms with Gasteiger partial charge in [-0.15, -0.1) is 0 Å². The molecule has 0 saturated heterocycles. The molecule has 5 rings (SSSR count). The van der Waals surface area contributed by atoms with E-state index in [4.69, 9.17) is 0 Å². The predicted molar refractivity (Wildman–Crippen MR) is 99.9 cm³/mol. The van der Waals surface area contributed by atoms with Gasteiger partial charge in [0, 0.05) is 12.1 Å². The minimum Gasteiger partial charge on any atom is -0.478 e. The highest BCUT2D eigenvalue weighted by atomic mass is 16.6. The molecule has 2 fully saturated rings. The molecule has 138 valence electrons. The van der Waals surface area contributed by atoms with Gasteiger partial charge in [0.2, 0.25) is 0 Å². The molecule has 5 atom stereocenters. The summed E-state index contributed by atoms with van der Waals surface area (Å²) in [7, 11) is 0. The van der Waals surface area contributed by atoms with Gasteiger partial charge in [0.15, 0.2) is 0 Å². The van der Waals surface area contributed by atoms with Gasteiger partial charge in [0.1, 0.15) is 0 Å². The zero-order valence-electron chi connectivity index (χ0n) is 14.7. The van der Waals surface area contributed by atoms with Crippen LogP contribution < -0.4 is 5.32 Å². The summed E-state index contributed by atoms with van der Waals surface area (Å²) in [6, 6.07) is 12.3. The number of carbonyl (C=O) groups is 1. The summed E-state index contributed by atoms with van der Waals surface area (Å²) < 4.78 is 0. The van der Waals surface area contributed by atoms with E-state index in [9.17, 15) is 20.0 Å². The van der Waals surface area contributed by atoms with Gasteiger partial charge in [-0.1, -0.05) is 24.3 Å². The van der Waals surface area contributed by atoms with Crippen molar-refractivity contribution in [1.82, 2.24) is 0 Å². The SMILES string of the molecule is O=C(O)c1cccc2c1N[C@H](c1ccc([N+](=O)[O-])cc1)[C@H]1[C@H]3CC[C@@H](C3)[C@H]21. The van der Waals surface area contributed by atoms with Crippen LogP contribution in [0.4, 0.5) is 11.4 Å². The van der Waals surface area contributed by atoms with Gasteiger partial charge in [0.25, 0.3) is 5.69 Å². The van der Waals surface area contributed by atoms with Gasteiger partial charge in [0.05, 0.1) is 22.2 Å². The molecule has 2 aliphatic carbocycles. The third-order valence-electron chi connectivity index (χ3n) is 6.81. The average Bonchev–Trinajstić information content (AvgIpc) is 3.29. The Balaban J connectivity index is 1.63. The Hall–Kier alpha value is -2.89. The fourth-order valence-corrected chi connectivity index (χ4v) is 5.82. The summed E-state index contributed by atoms with van der Waals surface area (Å²) in [6.45, 7) is 0. The van der Waals surface area contributed by atoms with E-state index >= 15 is 0 Å². The number of nitrogens with one attached hydrogen (secondary N) is 1. The normalized spacial score (nSPS) is 30.3. The number of anilines is 1. The van der Waals surface area contributed by atoms with Gasteiger partial charge in [-0.05, 0) is 60.1 Å². The number of aromatic carboxylic acids is 1. The van der Waals surface area contributed by atoms with E-state index in [1.165, 1.54) is 31.4 Å². The molecule has 0 unspecified atom stereocenters. The zero-order chi connectivity index (χ0) is 18.7. The standard InChI is InChI=1S/C21H20N2O4/c24-21(25)16-3-1-2-15-17-12-4-5-13(10-12)18(17)19(22-20(15)16)11-6-8-14(9-7-11)23(26)27/h1-3,6-9,12-13,17-19,22H,4-5,10H2,(H,24,25)/t12-,13-,17+,18-,19+/m0/s1. The van der Waals surface area contributed by atoms with Gasteiger partial charge in [-0.3, -0.25) is 10.1 Å². The number of carboxylic acid groups (broad SMARTS) is 1. The average molecular weight is 364 g/mol. The number of nitro groups is 1. The van der Waals surface area contributed by atoms with Crippen LogP contribution in [0.5, 0.6) is 0 Å². The summed E-state index contributed by atoms with van der Waals surface area (Å²) in [4.78, 5) is 22.4. The smallest absolute Gasteiger partial charge is 0.337 e. The summed E-state index contributed by atoms with van der Waals surface area (Å²) in [6.07, 6.45) is 3.61. The molecule has 1 heterocycles. The Morgan fingerprint density at radius 1 is 1.11 bits per heavy atom. The molecule has 1 aliphatic heterocycles. The van der Waals surface area contributed by atoms with Crippen LogP contribution in [-0.2, 0) is 0 Å². The number of nitro benzene ring substituents is 1. The van der Waals surface area contributed by atoms with E-state index in [0.29, 0.717) is 29.2 Å². The molecule has 2 bridgehead atoms. The summed E-state index contributed by atoms with van der Waals surface area (Å²) in [5, 5.41) is 24.2. The first-order chi connectivity index (χ1) is 13.0. The topological polar surface area (TPSA) is 92.5 Å². The lowest BCUT2D eigenvalue weighted by Gasteiger charge is -2.44. The second-order valence-corrected chi connectivity index (χ2v) is 7.98. The van der Waals surface area contributed by atoms with E-state index in [1.807, 2.05) is 18.2 Å². The van der Waals surface area contributed by atoms with Gasteiger partial charge < -0.3 is 10.4 Å². The third-order valence-corrected chi connectivity index (χ3v) is 6.81. The fraction of sp³-hybridized carbons (Fsp3) is 0.381. The first-order valence-electron chi connectivity index (χ1n) is 9.41. The van der Waals surface area contributed by atoms with Gasteiger partial charge in [-0.25, -0.2) is 4.79 Å². The minimum atomic E-state index is -0.927. The highest BCUT2D eigenvalue weighted by Crippen LogP contribution is 2.64. The van der Waals surface area contributed by atoms with E-state index in [0.717, 1.165) is 16.8 Å². The number of hydrogen-bond acceptors (Lipinski definition) is 4. The number of fused-ring (bicyclic) bond motifs is 7. The molecular weight excluding hydrogens is 344 g/mol. The quantitative estimate of drug-likeness (QED) is 0.614. The lowest BCUT2D eigenvalue weighted by Crippen LogP contribution is -2.36. The van der Waals surface area contributed by atoms with Crippen molar-refractivity contribution >= 4 is 17.3 Å². The van der Waals surface area contributed by atoms with Crippen LogP contribution in [0.25, 0.3) is 0 Å². The summed E-state index contributed by atoms with van der Waals surface area (Å²) >= 11 is 0.